The lowest BCUT2D eigenvalue weighted by Gasteiger charge is -2.26. The third-order valence-corrected chi connectivity index (χ3v) is 7.54. The highest BCUT2D eigenvalue weighted by Gasteiger charge is 2.29. The Labute approximate surface area is 197 Å². The molecule has 34 heavy (non-hydrogen) atoms. The van der Waals surface area contributed by atoms with Gasteiger partial charge in [0.2, 0.25) is 10.0 Å². The summed E-state index contributed by atoms with van der Waals surface area (Å²) < 4.78 is 33.2. The minimum atomic E-state index is -3.80. The molecule has 2 N–H and O–H groups in total. The number of methoxy groups -OCH3 is 1. The van der Waals surface area contributed by atoms with Crippen LogP contribution in [0.25, 0.3) is 11.4 Å². The van der Waals surface area contributed by atoms with Crippen LogP contribution in [-0.4, -0.2) is 48.8 Å². The summed E-state index contributed by atoms with van der Waals surface area (Å²) in [6, 6.07) is 12.6. The Kier molecular flexibility index (Phi) is 6.80. The normalized spacial score (nSPS) is 14.5. The molecule has 1 aliphatic rings. The Bertz CT molecular complexity index is 1380. The van der Waals surface area contributed by atoms with E-state index in [0.717, 1.165) is 19.3 Å². The van der Waals surface area contributed by atoms with Crippen LogP contribution < -0.4 is 15.6 Å². The highest BCUT2D eigenvalue weighted by Crippen LogP contribution is 2.30. The lowest BCUT2D eigenvalue weighted by atomic mass is 10.1. The van der Waals surface area contributed by atoms with Crippen molar-refractivity contribution in [3.63, 3.8) is 0 Å². The van der Waals surface area contributed by atoms with Gasteiger partial charge in [0.15, 0.2) is 0 Å². The quantitative estimate of drug-likeness (QED) is 0.557. The van der Waals surface area contributed by atoms with E-state index >= 15 is 0 Å². The van der Waals surface area contributed by atoms with Crippen molar-refractivity contribution in [3.05, 3.63) is 70.1 Å². The number of hydrogen-bond acceptors (Lipinski definition) is 6. The van der Waals surface area contributed by atoms with Crippen molar-refractivity contribution in [2.24, 2.45) is 0 Å². The number of benzene rings is 2. The molecule has 1 aliphatic heterocycles. The predicted octanol–water partition coefficient (Wildman–Crippen LogP) is 3.18. The standard InChI is InChI=1S/C24H26N4O5S/c1-16-13-22(29)27-23(25-16)17-7-6-8-19(14-17)26-24(30)18-9-10-20(33-2)21(15-18)34(31,32)28-11-4-3-5-12-28/h6-10,13-15H,3-5,11-12H2,1-2H3,(H,26,30)(H,25,27,29). The Balaban J connectivity index is 1.62. The average molecular weight is 483 g/mol. The number of aromatic nitrogens is 2. The maximum Gasteiger partial charge on any atom is 0.255 e. The number of nitrogens with one attached hydrogen (secondary N) is 2. The van der Waals surface area contributed by atoms with E-state index in [1.807, 2.05) is 0 Å². The van der Waals surface area contributed by atoms with Gasteiger partial charge >= 0.3 is 0 Å². The molecule has 1 fully saturated rings. The molecule has 0 bridgehead atoms. The van der Waals surface area contributed by atoms with Gasteiger partial charge in [-0.2, -0.15) is 4.31 Å². The first-order valence-corrected chi connectivity index (χ1v) is 12.4. The van der Waals surface area contributed by atoms with Gasteiger partial charge in [0.1, 0.15) is 16.5 Å². The Hall–Kier alpha value is -3.50. The summed E-state index contributed by atoms with van der Waals surface area (Å²) >= 11 is 0. The Morgan fingerprint density at radius 2 is 1.85 bits per heavy atom. The van der Waals surface area contributed by atoms with Gasteiger partial charge in [0.25, 0.3) is 11.5 Å². The number of amides is 1. The highest BCUT2D eigenvalue weighted by molar-refractivity contribution is 7.89. The molecule has 0 aliphatic carbocycles. The van der Waals surface area contributed by atoms with Crippen LogP contribution in [0, 0.1) is 6.92 Å². The van der Waals surface area contributed by atoms with Gasteiger partial charge in [-0.05, 0) is 50.1 Å². The Morgan fingerprint density at radius 1 is 1.09 bits per heavy atom. The van der Waals surface area contributed by atoms with E-state index in [0.29, 0.717) is 35.9 Å². The molecule has 2 heterocycles. The first-order chi connectivity index (χ1) is 16.3. The van der Waals surface area contributed by atoms with Crippen LogP contribution in [0.15, 0.2) is 58.2 Å². The van der Waals surface area contributed by atoms with Crippen molar-refractivity contribution in [2.75, 3.05) is 25.5 Å². The minimum absolute atomic E-state index is 0.0279. The zero-order chi connectivity index (χ0) is 24.3. The minimum Gasteiger partial charge on any atom is -0.495 e. The van der Waals surface area contributed by atoms with Gasteiger partial charge < -0.3 is 15.0 Å². The third-order valence-electron chi connectivity index (χ3n) is 5.62. The maximum atomic E-state index is 13.2. The smallest absolute Gasteiger partial charge is 0.255 e. The predicted molar refractivity (Wildman–Crippen MR) is 129 cm³/mol. The number of anilines is 1. The molecule has 9 nitrogen and oxygen atoms in total. The average Bonchev–Trinajstić information content (AvgIpc) is 2.83. The number of ether oxygens (including phenoxy) is 1. The number of piperidine rings is 1. The zero-order valence-electron chi connectivity index (χ0n) is 19.0. The molecule has 1 aromatic heterocycles. The lowest BCUT2D eigenvalue weighted by molar-refractivity contribution is 0.102. The van der Waals surface area contributed by atoms with Crippen molar-refractivity contribution < 1.29 is 17.9 Å². The fraction of sp³-hybridized carbons (Fsp3) is 0.292. The number of carbonyl (C=O) groups is 1. The molecular weight excluding hydrogens is 456 g/mol. The molecule has 1 amide bonds. The molecule has 3 aromatic rings. The van der Waals surface area contributed by atoms with Crippen LogP contribution in [0.1, 0.15) is 35.3 Å². The summed E-state index contributed by atoms with van der Waals surface area (Å²) in [6.07, 6.45) is 2.61. The fourth-order valence-corrected chi connectivity index (χ4v) is 5.63. The molecule has 1 saturated heterocycles. The maximum absolute atomic E-state index is 13.2. The van der Waals surface area contributed by atoms with Crippen LogP contribution in [0.5, 0.6) is 5.75 Å². The van der Waals surface area contributed by atoms with Crippen molar-refractivity contribution in [3.8, 4) is 17.1 Å². The second kappa shape index (κ2) is 9.78. The van der Waals surface area contributed by atoms with E-state index in [1.165, 1.54) is 35.7 Å². The van der Waals surface area contributed by atoms with Crippen LogP contribution in [0.3, 0.4) is 0 Å². The lowest BCUT2D eigenvalue weighted by Crippen LogP contribution is -2.35. The second-order valence-corrected chi connectivity index (χ2v) is 10.0. The molecule has 0 radical (unpaired) electrons. The first kappa shape index (κ1) is 23.7. The van der Waals surface area contributed by atoms with Crippen LogP contribution in [0.4, 0.5) is 5.69 Å². The van der Waals surface area contributed by atoms with E-state index in [4.69, 9.17) is 4.74 Å². The molecule has 4 rings (SSSR count). The first-order valence-electron chi connectivity index (χ1n) is 11.0. The number of rotatable bonds is 6. The van der Waals surface area contributed by atoms with Crippen LogP contribution in [-0.2, 0) is 10.0 Å². The van der Waals surface area contributed by atoms with Crippen molar-refractivity contribution in [1.29, 1.82) is 0 Å². The van der Waals surface area contributed by atoms with E-state index in [1.54, 1.807) is 31.2 Å². The van der Waals surface area contributed by atoms with Crippen molar-refractivity contribution in [1.82, 2.24) is 14.3 Å². The number of nitrogens with zero attached hydrogens (tertiary/aromatic N) is 2. The van der Waals surface area contributed by atoms with Gasteiger partial charge in [-0.25, -0.2) is 13.4 Å². The summed E-state index contributed by atoms with van der Waals surface area (Å²) in [5.74, 6) is 0.111. The number of sulfonamides is 1. The van der Waals surface area contributed by atoms with Gasteiger partial charge in [0, 0.05) is 41.7 Å². The number of carbonyl (C=O) groups excluding carboxylic acids is 1. The van der Waals surface area contributed by atoms with E-state index in [2.05, 4.69) is 15.3 Å². The van der Waals surface area contributed by atoms with E-state index < -0.39 is 15.9 Å². The molecule has 178 valence electrons. The summed E-state index contributed by atoms with van der Waals surface area (Å²) in [5.41, 5.74) is 1.60. The molecule has 10 heteroatoms. The van der Waals surface area contributed by atoms with Gasteiger partial charge in [-0.1, -0.05) is 18.6 Å². The molecule has 0 spiro atoms. The van der Waals surface area contributed by atoms with Crippen molar-refractivity contribution in [2.45, 2.75) is 31.1 Å². The molecule has 0 atom stereocenters. The summed E-state index contributed by atoms with van der Waals surface area (Å²) in [7, 11) is -2.40. The van der Waals surface area contributed by atoms with Crippen LogP contribution >= 0.6 is 0 Å². The van der Waals surface area contributed by atoms with E-state index in [9.17, 15) is 18.0 Å². The third kappa shape index (κ3) is 5.02. The number of aromatic amines is 1. The topological polar surface area (TPSA) is 121 Å². The number of aryl methyl sites for hydroxylation is 1. The van der Waals surface area contributed by atoms with Gasteiger partial charge in [-0.3, -0.25) is 9.59 Å². The number of H-pyrrole nitrogens is 1. The van der Waals surface area contributed by atoms with Crippen LogP contribution in [0.2, 0.25) is 0 Å². The molecule has 0 saturated carbocycles. The van der Waals surface area contributed by atoms with E-state index in [-0.39, 0.29) is 21.8 Å². The highest BCUT2D eigenvalue weighted by atomic mass is 32.2. The zero-order valence-corrected chi connectivity index (χ0v) is 19.8. The van der Waals surface area contributed by atoms with Crippen molar-refractivity contribution >= 4 is 21.6 Å². The summed E-state index contributed by atoms with van der Waals surface area (Å²) in [5, 5.41) is 2.79. The molecular formula is C24H26N4O5S. The molecule has 0 unspecified atom stereocenters. The monoisotopic (exact) mass is 482 g/mol. The largest absolute Gasteiger partial charge is 0.495 e. The summed E-state index contributed by atoms with van der Waals surface area (Å²) in [6.45, 7) is 2.62. The molecule has 2 aromatic carbocycles. The second-order valence-electron chi connectivity index (χ2n) is 8.10. The SMILES string of the molecule is COc1ccc(C(=O)Nc2cccc(-c3nc(C)cc(=O)[nH]3)c2)cc1S(=O)(=O)N1CCCCC1. The van der Waals surface area contributed by atoms with Gasteiger partial charge in [0.05, 0.1) is 7.11 Å². The Morgan fingerprint density at radius 3 is 2.56 bits per heavy atom. The number of hydrogen-bond donors (Lipinski definition) is 2. The van der Waals surface area contributed by atoms with Gasteiger partial charge in [-0.15, -0.1) is 0 Å². The fourth-order valence-electron chi connectivity index (χ4n) is 3.93. The summed E-state index contributed by atoms with van der Waals surface area (Å²) in [4.78, 5) is 31.8.